The number of amides is 1. The first-order chi connectivity index (χ1) is 6.76. The molecule has 0 spiro atoms. The Hall–Kier alpha value is -1.01. The molecule has 1 rings (SSSR count). The van der Waals surface area contributed by atoms with Crippen molar-refractivity contribution in [2.45, 2.75) is 44.2 Å². The molecular weight excluding hydrogens is 176 g/mol. The summed E-state index contributed by atoms with van der Waals surface area (Å²) in [5, 5.41) is 6.21. The minimum atomic E-state index is -0.0135. The molecule has 0 aromatic carbocycles. The summed E-state index contributed by atoms with van der Waals surface area (Å²) in [5.74, 6) is 2.34. The van der Waals surface area contributed by atoms with Crippen molar-refractivity contribution < 1.29 is 4.79 Å². The van der Waals surface area contributed by atoms with Crippen LogP contribution in [0.1, 0.15) is 32.1 Å². The van der Waals surface area contributed by atoms with Crippen LogP contribution in [0.5, 0.6) is 0 Å². The Bertz CT molecular complexity index is 224. The summed E-state index contributed by atoms with van der Waals surface area (Å²) in [7, 11) is 1.99. The van der Waals surface area contributed by atoms with Gasteiger partial charge in [0.1, 0.15) is 0 Å². The van der Waals surface area contributed by atoms with Crippen molar-refractivity contribution in [1.29, 1.82) is 0 Å². The molecule has 0 bridgehead atoms. The minimum absolute atomic E-state index is 0.0135. The third kappa shape index (κ3) is 3.39. The van der Waals surface area contributed by atoms with Gasteiger partial charge in [0, 0.05) is 12.1 Å². The summed E-state index contributed by atoms with van der Waals surface area (Å²) in [6.45, 7) is 0. The number of rotatable bonds is 3. The average Bonchev–Trinajstić information content (AvgIpc) is 2.19. The Morgan fingerprint density at radius 2 is 1.93 bits per heavy atom. The van der Waals surface area contributed by atoms with Gasteiger partial charge < -0.3 is 10.6 Å². The topological polar surface area (TPSA) is 41.1 Å². The van der Waals surface area contributed by atoms with Crippen LogP contribution in [0.3, 0.4) is 0 Å². The normalized spacial score (nSPS) is 26.6. The van der Waals surface area contributed by atoms with Gasteiger partial charge in [-0.25, -0.2) is 0 Å². The highest BCUT2D eigenvalue weighted by Gasteiger charge is 2.20. The van der Waals surface area contributed by atoms with E-state index in [1.807, 2.05) is 7.05 Å². The van der Waals surface area contributed by atoms with Gasteiger partial charge in [0.05, 0.1) is 6.42 Å². The lowest BCUT2D eigenvalue weighted by molar-refractivity contribution is -0.121. The van der Waals surface area contributed by atoms with Crippen LogP contribution in [0.2, 0.25) is 0 Å². The molecule has 0 unspecified atom stereocenters. The van der Waals surface area contributed by atoms with E-state index in [0.717, 1.165) is 25.7 Å². The maximum atomic E-state index is 11.2. The first-order valence-electron chi connectivity index (χ1n) is 5.16. The number of nitrogens with one attached hydrogen (secondary N) is 2. The second-order valence-electron chi connectivity index (χ2n) is 3.79. The van der Waals surface area contributed by atoms with Crippen molar-refractivity contribution in [3.05, 3.63) is 0 Å². The molecule has 3 nitrogen and oxygen atoms in total. The van der Waals surface area contributed by atoms with Gasteiger partial charge >= 0.3 is 0 Å². The first kappa shape index (κ1) is 11.1. The molecule has 1 amide bonds. The molecule has 0 aromatic rings. The number of carbonyl (C=O) groups excluding carboxylic acids is 1. The summed E-state index contributed by atoms with van der Waals surface area (Å²) in [4.78, 5) is 11.2. The van der Waals surface area contributed by atoms with Gasteiger partial charge in [0.2, 0.25) is 5.91 Å². The van der Waals surface area contributed by atoms with Gasteiger partial charge in [-0.15, -0.1) is 6.42 Å². The summed E-state index contributed by atoms with van der Waals surface area (Å²) in [6.07, 6.45) is 9.65. The zero-order chi connectivity index (χ0) is 10.4. The quantitative estimate of drug-likeness (QED) is 0.648. The molecule has 3 heteroatoms. The van der Waals surface area contributed by atoms with Crippen molar-refractivity contribution in [2.24, 2.45) is 0 Å². The second kappa shape index (κ2) is 5.66. The Morgan fingerprint density at radius 3 is 2.43 bits per heavy atom. The number of hydrogen-bond acceptors (Lipinski definition) is 2. The van der Waals surface area contributed by atoms with Crippen molar-refractivity contribution in [2.75, 3.05) is 7.05 Å². The highest BCUT2D eigenvalue weighted by molar-refractivity contribution is 5.78. The van der Waals surface area contributed by atoms with E-state index in [2.05, 4.69) is 16.6 Å². The SMILES string of the molecule is C#CCC(=O)NC1CCC(NC)CC1. The van der Waals surface area contributed by atoms with Crippen molar-refractivity contribution in [1.82, 2.24) is 10.6 Å². The zero-order valence-corrected chi connectivity index (χ0v) is 8.68. The monoisotopic (exact) mass is 194 g/mol. The van der Waals surface area contributed by atoms with E-state index in [1.165, 1.54) is 0 Å². The second-order valence-corrected chi connectivity index (χ2v) is 3.79. The molecule has 0 atom stereocenters. The lowest BCUT2D eigenvalue weighted by atomic mass is 9.91. The Morgan fingerprint density at radius 1 is 1.36 bits per heavy atom. The van der Waals surface area contributed by atoms with E-state index in [0.29, 0.717) is 12.1 Å². The molecule has 1 saturated carbocycles. The maximum Gasteiger partial charge on any atom is 0.232 e. The van der Waals surface area contributed by atoms with Gasteiger partial charge in [0.15, 0.2) is 0 Å². The molecule has 0 aromatic heterocycles. The van der Waals surface area contributed by atoms with E-state index in [1.54, 1.807) is 0 Å². The van der Waals surface area contributed by atoms with Crippen molar-refractivity contribution in [3.63, 3.8) is 0 Å². The van der Waals surface area contributed by atoms with Gasteiger partial charge in [-0.3, -0.25) is 4.79 Å². The minimum Gasteiger partial charge on any atom is -0.353 e. The number of terminal acetylenes is 1. The number of hydrogen-bond donors (Lipinski definition) is 2. The fourth-order valence-electron chi connectivity index (χ4n) is 1.90. The van der Waals surface area contributed by atoms with Crippen LogP contribution in [-0.4, -0.2) is 25.0 Å². The van der Waals surface area contributed by atoms with E-state index in [9.17, 15) is 4.79 Å². The largest absolute Gasteiger partial charge is 0.353 e. The standard InChI is InChI=1S/C11H18N2O/c1-3-4-11(14)13-10-7-5-9(12-2)6-8-10/h1,9-10,12H,4-8H2,2H3,(H,13,14). The summed E-state index contributed by atoms with van der Waals surface area (Å²) < 4.78 is 0. The summed E-state index contributed by atoms with van der Waals surface area (Å²) >= 11 is 0. The molecular formula is C11H18N2O. The lowest BCUT2D eigenvalue weighted by Crippen LogP contribution is -2.41. The van der Waals surface area contributed by atoms with Crippen LogP contribution in [0.15, 0.2) is 0 Å². The van der Waals surface area contributed by atoms with Crippen LogP contribution < -0.4 is 10.6 Å². The zero-order valence-electron chi connectivity index (χ0n) is 8.68. The van der Waals surface area contributed by atoms with Crippen LogP contribution >= 0.6 is 0 Å². The Kier molecular flexibility index (Phi) is 4.48. The lowest BCUT2D eigenvalue weighted by Gasteiger charge is -2.28. The fourth-order valence-corrected chi connectivity index (χ4v) is 1.90. The molecule has 1 aliphatic rings. The molecule has 0 aliphatic heterocycles. The van der Waals surface area contributed by atoms with E-state index in [4.69, 9.17) is 6.42 Å². The van der Waals surface area contributed by atoms with Gasteiger partial charge in [-0.1, -0.05) is 5.92 Å². The highest BCUT2D eigenvalue weighted by Crippen LogP contribution is 2.18. The van der Waals surface area contributed by atoms with Gasteiger partial charge in [-0.05, 0) is 32.7 Å². The van der Waals surface area contributed by atoms with E-state index >= 15 is 0 Å². The predicted octanol–water partition coefficient (Wildman–Crippen LogP) is 0.656. The van der Waals surface area contributed by atoms with Crippen LogP contribution in [-0.2, 0) is 4.79 Å². The highest BCUT2D eigenvalue weighted by atomic mass is 16.1. The molecule has 0 radical (unpaired) electrons. The van der Waals surface area contributed by atoms with Crippen LogP contribution in [0.4, 0.5) is 0 Å². The first-order valence-corrected chi connectivity index (χ1v) is 5.16. The molecule has 0 heterocycles. The van der Waals surface area contributed by atoms with Crippen molar-refractivity contribution >= 4 is 5.91 Å². The van der Waals surface area contributed by atoms with Crippen LogP contribution in [0.25, 0.3) is 0 Å². The molecule has 14 heavy (non-hydrogen) atoms. The molecule has 78 valence electrons. The third-order valence-electron chi connectivity index (χ3n) is 2.76. The number of carbonyl (C=O) groups is 1. The van der Waals surface area contributed by atoms with Gasteiger partial charge in [-0.2, -0.15) is 0 Å². The average molecular weight is 194 g/mol. The van der Waals surface area contributed by atoms with Crippen LogP contribution in [0, 0.1) is 12.3 Å². The van der Waals surface area contributed by atoms with Crippen molar-refractivity contribution in [3.8, 4) is 12.3 Å². The van der Waals surface area contributed by atoms with E-state index < -0.39 is 0 Å². The smallest absolute Gasteiger partial charge is 0.232 e. The Labute approximate surface area is 85.6 Å². The van der Waals surface area contributed by atoms with E-state index in [-0.39, 0.29) is 12.3 Å². The molecule has 1 aliphatic carbocycles. The maximum absolute atomic E-state index is 11.2. The molecule has 1 fully saturated rings. The Balaban J connectivity index is 2.22. The summed E-state index contributed by atoms with van der Waals surface area (Å²) in [6, 6.07) is 0.955. The molecule has 0 saturated heterocycles. The fraction of sp³-hybridized carbons (Fsp3) is 0.727. The predicted molar refractivity (Wildman–Crippen MR) is 56.7 cm³/mol. The summed E-state index contributed by atoms with van der Waals surface area (Å²) in [5.41, 5.74) is 0. The third-order valence-corrected chi connectivity index (χ3v) is 2.76. The van der Waals surface area contributed by atoms with Gasteiger partial charge in [0.25, 0.3) is 0 Å². The molecule has 2 N–H and O–H groups in total.